The van der Waals surface area contributed by atoms with Gasteiger partial charge in [-0.05, 0) is 36.2 Å². The second kappa shape index (κ2) is 5.66. The van der Waals surface area contributed by atoms with Crippen molar-refractivity contribution in [1.29, 1.82) is 0 Å². The Labute approximate surface area is 128 Å². The molecule has 21 heavy (non-hydrogen) atoms. The number of fused-ring (bicyclic) bond motifs is 1. The molecule has 0 saturated heterocycles. The van der Waals surface area contributed by atoms with Crippen LogP contribution in [0.15, 0.2) is 54.7 Å². The van der Waals surface area contributed by atoms with Crippen LogP contribution in [-0.2, 0) is 6.42 Å². The van der Waals surface area contributed by atoms with E-state index in [-0.39, 0.29) is 5.78 Å². The summed E-state index contributed by atoms with van der Waals surface area (Å²) in [4.78, 5) is 16.8. The average Bonchev–Trinajstić information content (AvgIpc) is 2.50. The van der Waals surface area contributed by atoms with E-state index in [1.165, 1.54) is 0 Å². The van der Waals surface area contributed by atoms with E-state index in [1.54, 1.807) is 12.3 Å². The van der Waals surface area contributed by atoms with Crippen molar-refractivity contribution in [3.05, 3.63) is 76.4 Å². The minimum Gasteiger partial charge on any atom is -0.294 e. The third-order valence-corrected chi connectivity index (χ3v) is 3.99. The van der Waals surface area contributed by atoms with Gasteiger partial charge in [-0.25, -0.2) is 0 Å². The highest BCUT2D eigenvalue weighted by atomic mass is 35.5. The summed E-state index contributed by atoms with van der Waals surface area (Å²) in [5, 5.41) is 1.65. The van der Waals surface area contributed by atoms with Crippen LogP contribution in [0.2, 0.25) is 5.02 Å². The van der Waals surface area contributed by atoms with E-state index in [9.17, 15) is 4.79 Å². The highest BCUT2D eigenvalue weighted by molar-refractivity contribution is 6.31. The number of aromatic nitrogens is 1. The molecule has 0 amide bonds. The number of aryl methyl sites for hydroxylation is 1. The first-order valence-corrected chi connectivity index (χ1v) is 7.15. The van der Waals surface area contributed by atoms with Crippen LogP contribution in [0.5, 0.6) is 0 Å². The normalized spacial score (nSPS) is 10.8. The molecule has 0 saturated carbocycles. The maximum atomic E-state index is 12.4. The minimum absolute atomic E-state index is 0.0632. The van der Waals surface area contributed by atoms with E-state index < -0.39 is 0 Å². The molecule has 3 rings (SSSR count). The fourth-order valence-electron chi connectivity index (χ4n) is 2.35. The van der Waals surface area contributed by atoms with Gasteiger partial charge in [0.25, 0.3) is 0 Å². The first-order valence-electron chi connectivity index (χ1n) is 6.77. The summed E-state index contributed by atoms with van der Waals surface area (Å²) >= 11 is 6.09. The molecular formula is C18H14ClNO. The molecule has 0 N–H and O–H groups in total. The topological polar surface area (TPSA) is 30.0 Å². The van der Waals surface area contributed by atoms with E-state index in [0.717, 1.165) is 22.0 Å². The van der Waals surface area contributed by atoms with Gasteiger partial charge in [0.1, 0.15) is 0 Å². The van der Waals surface area contributed by atoms with Crippen LogP contribution in [-0.4, -0.2) is 10.8 Å². The summed E-state index contributed by atoms with van der Waals surface area (Å²) in [6.45, 7) is 1.92. The molecule has 3 heteroatoms. The number of para-hydroxylation sites is 1. The van der Waals surface area contributed by atoms with Crippen molar-refractivity contribution in [3.63, 3.8) is 0 Å². The van der Waals surface area contributed by atoms with E-state index in [1.807, 2.05) is 49.4 Å². The molecule has 2 nitrogen and oxygen atoms in total. The van der Waals surface area contributed by atoms with Gasteiger partial charge in [-0.1, -0.05) is 41.9 Å². The molecule has 2 aromatic carbocycles. The summed E-state index contributed by atoms with van der Waals surface area (Å²) < 4.78 is 0. The lowest BCUT2D eigenvalue weighted by Gasteiger charge is -2.06. The van der Waals surface area contributed by atoms with Gasteiger partial charge in [0, 0.05) is 28.6 Å². The Balaban J connectivity index is 1.94. The van der Waals surface area contributed by atoms with Crippen molar-refractivity contribution in [2.75, 3.05) is 0 Å². The van der Waals surface area contributed by atoms with Crippen LogP contribution in [0, 0.1) is 6.92 Å². The number of ketones is 1. The highest BCUT2D eigenvalue weighted by Crippen LogP contribution is 2.21. The number of hydrogen-bond donors (Lipinski definition) is 0. The van der Waals surface area contributed by atoms with Crippen LogP contribution in [0.1, 0.15) is 21.5 Å². The van der Waals surface area contributed by atoms with Crippen molar-refractivity contribution in [2.24, 2.45) is 0 Å². The Morgan fingerprint density at radius 1 is 1.14 bits per heavy atom. The second-order valence-electron chi connectivity index (χ2n) is 5.05. The number of halogens is 1. The maximum absolute atomic E-state index is 12.4. The molecule has 0 radical (unpaired) electrons. The molecule has 0 unspecified atom stereocenters. The van der Waals surface area contributed by atoms with E-state index in [0.29, 0.717) is 17.0 Å². The van der Waals surface area contributed by atoms with Crippen LogP contribution < -0.4 is 0 Å². The Kier molecular flexibility index (Phi) is 3.72. The fraction of sp³-hybridized carbons (Fsp3) is 0.111. The molecule has 0 atom stereocenters. The number of pyridine rings is 1. The third kappa shape index (κ3) is 2.81. The predicted octanol–water partition coefficient (Wildman–Crippen LogP) is 4.62. The largest absolute Gasteiger partial charge is 0.294 e. The lowest BCUT2D eigenvalue weighted by molar-refractivity contribution is 0.0993. The zero-order valence-electron chi connectivity index (χ0n) is 11.6. The standard InChI is InChI=1S/C18H14ClNO/c1-12-6-7-14(10-16(12)19)18(21)11-13-8-9-20-17-5-3-2-4-15(13)17/h2-10H,11H2,1H3. The zero-order chi connectivity index (χ0) is 14.8. The second-order valence-corrected chi connectivity index (χ2v) is 5.46. The predicted molar refractivity (Wildman–Crippen MR) is 86.0 cm³/mol. The summed E-state index contributed by atoms with van der Waals surface area (Å²) in [6, 6.07) is 15.2. The smallest absolute Gasteiger partial charge is 0.167 e. The maximum Gasteiger partial charge on any atom is 0.167 e. The lowest BCUT2D eigenvalue weighted by atomic mass is 9.99. The average molecular weight is 296 g/mol. The van der Waals surface area contributed by atoms with Crippen molar-refractivity contribution < 1.29 is 4.79 Å². The summed E-state index contributed by atoms with van der Waals surface area (Å²) in [5.74, 6) is 0.0632. The fourth-order valence-corrected chi connectivity index (χ4v) is 2.53. The van der Waals surface area contributed by atoms with Crippen LogP contribution in [0.25, 0.3) is 10.9 Å². The Bertz CT molecular complexity index is 821. The Morgan fingerprint density at radius 2 is 1.95 bits per heavy atom. The molecule has 1 heterocycles. The van der Waals surface area contributed by atoms with Gasteiger partial charge in [0.05, 0.1) is 5.52 Å². The molecule has 0 bridgehead atoms. The number of rotatable bonds is 3. The lowest BCUT2D eigenvalue weighted by Crippen LogP contribution is -2.04. The molecule has 104 valence electrons. The minimum atomic E-state index is 0.0632. The van der Waals surface area contributed by atoms with Gasteiger partial charge in [-0.2, -0.15) is 0 Å². The van der Waals surface area contributed by atoms with Crippen LogP contribution in [0.3, 0.4) is 0 Å². The van der Waals surface area contributed by atoms with Gasteiger partial charge in [-0.3, -0.25) is 9.78 Å². The summed E-state index contributed by atoms with van der Waals surface area (Å²) in [5.41, 5.74) is 3.51. The molecule has 0 aliphatic carbocycles. The first-order chi connectivity index (χ1) is 10.1. The number of nitrogens with zero attached hydrogens (tertiary/aromatic N) is 1. The van der Waals surface area contributed by atoms with Crippen molar-refractivity contribution in [2.45, 2.75) is 13.3 Å². The number of hydrogen-bond acceptors (Lipinski definition) is 2. The van der Waals surface area contributed by atoms with Crippen molar-refractivity contribution in [1.82, 2.24) is 4.98 Å². The van der Waals surface area contributed by atoms with Crippen molar-refractivity contribution in [3.8, 4) is 0 Å². The molecule has 3 aromatic rings. The van der Waals surface area contributed by atoms with Gasteiger partial charge in [0.15, 0.2) is 5.78 Å². The molecule has 0 fully saturated rings. The van der Waals surface area contributed by atoms with E-state index >= 15 is 0 Å². The van der Waals surface area contributed by atoms with E-state index in [4.69, 9.17) is 11.6 Å². The van der Waals surface area contributed by atoms with Gasteiger partial charge >= 0.3 is 0 Å². The monoisotopic (exact) mass is 295 g/mol. The van der Waals surface area contributed by atoms with Crippen molar-refractivity contribution >= 4 is 28.3 Å². The summed E-state index contributed by atoms with van der Waals surface area (Å²) in [7, 11) is 0. The van der Waals surface area contributed by atoms with Gasteiger partial charge < -0.3 is 0 Å². The number of benzene rings is 2. The quantitative estimate of drug-likeness (QED) is 0.660. The molecule has 1 aromatic heterocycles. The molecule has 0 aliphatic rings. The third-order valence-electron chi connectivity index (χ3n) is 3.58. The van der Waals surface area contributed by atoms with Gasteiger partial charge in [-0.15, -0.1) is 0 Å². The molecule has 0 spiro atoms. The first kappa shape index (κ1) is 13.8. The van der Waals surface area contributed by atoms with Gasteiger partial charge in [0.2, 0.25) is 0 Å². The number of Topliss-reactive ketones (excluding diaryl/α,β-unsaturated/α-hetero) is 1. The molecule has 0 aliphatic heterocycles. The Morgan fingerprint density at radius 3 is 2.76 bits per heavy atom. The summed E-state index contributed by atoms with van der Waals surface area (Å²) in [6.07, 6.45) is 2.09. The molecular weight excluding hydrogens is 282 g/mol. The zero-order valence-corrected chi connectivity index (χ0v) is 12.4. The highest BCUT2D eigenvalue weighted by Gasteiger charge is 2.11. The SMILES string of the molecule is Cc1ccc(C(=O)Cc2ccnc3ccccc23)cc1Cl. The number of carbonyl (C=O) groups excluding carboxylic acids is 1. The number of carbonyl (C=O) groups is 1. The van der Waals surface area contributed by atoms with Crippen LogP contribution >= 0.6 is 11.6 Å². The van der Waals surface area contributed by atoms with E-state index in [2.05, 4.69) is 4.98 Å². The van der Waals surface area contributed by atoms with Crippen LogP contribution in [0.4, 0.5) is 0 Å². The Hall–Kier alpha value is -2.19.